The van der Waals surface area contributed by atoms with Crippen LogP contribution in [-0.4, -0.2) is 56.1 Å². The molecule has 1 aromatic heterocycles. The van der Waals surface area contributed by atoms with E-state index >= 15 is 0 Å². The summed E-state index contributed by atoms with van der Waals surface area (Å²) in [5.74, 6) is -0.772. The van der Waals surface area contributed by atoms with Gasteiger partial charge in [0.15, 0.2) is 5.13 Å². The van der Waals surface area contributed by atoms with Crippen LogP contribution in [0.2, 0.25) is 0 Å². The van der Waals surface area contributed by atoms with Crippen molar-refractivity contribution in [1.82, 2.24) is 9.88 Å². The Balaban J connectivity index is 2.04. The molecule has 158 valence electrons. The van der Waals surface area contributed by atoms with E-state index in [0.29, 0.717) is 17.2 Å². The van der Waals surface area contributed by atoms with Crippen LogP contribution in [-0.2, 0) is 4.74 Å². The van der Waals surface area contributed by atoms with E-state index in [4.69, 9.17) is 9.72 Å². The summed E-state index contributed by atoms with van der Waals surface area (Å²) < 4.78 is 5.94. The van der Waals surface area contributed by atoms with Crippen molar-refractivity contribution in [2.45, 2.75) is 20.3 Å². The summed E-state index contributed by atoms with van der Waals surface area (Å²) in [6, 6.07) is 10.9. The van der Waals surface area contributed by atoms with E-state index < -0.39 is 5.97 Å². The lowest BCUT2D eigenvalue weighted by Gasteiger charge is -2.22. The van der Waals surface area contributed by atoms with Crippen molar-refractivity contribution >= 4 is 38.6 Å². The van der Waals surface area contributed by atoms with Crippen LogP contribution in [0.5, 0.6) is 0 Å². The van der Waals surface area contributed by atoms with Crippen LogP contribution in [0.1, 0.15) is 38.3 Å². The number of amides is 1. The van der Waals surface area contributed by atoms with Gasteiger partial charge in [-0.2, -0.15) is 0 Å². The maximum atomic E-state index is 13.6. The first-order valence-electron chi connectivity index (χ1n) is 9.83. The van der Waals surface area contributed by atoms with E-state index in [-0.39, 0.29) is 11.5 Å². The predicted octanol–water partition coefficient (Wildman–Crippen LogP) is 4.30. The summed E-state index contributed by atoms with van der Waals surface area (Å²) in [7, 11) is 5.32. The number of thiazole rings is 1. The third-order valence-electron chi connectivity index (χ3n) is 4.83. The number of carbonyl (C=O) groups excluding carboxylic acids is 2. The van der Waals surface area contributed by atoms with Crippen LogP contribution in [0, 0.1) is 13.8 Å². The lowest BCUT2D eigenvalue weighted by atomic mass is 10.1. The zero-order chi connectivity index (χ0) is 21.8. The van der Waals surface area contributed by atoms with Gasteiger partial charge in [-0.05, 0) is 70.2 Å². The van der Waals surface area contributed by atoms with Gasteiger partial charge in [0.05, 0.1) is 28.5 Å². The fraction of sp³-hybridized carbons (Fsp3) is 0.348. The Bertz CT molecular complexity index is 1070. The molecule has 0 saturated heterocycles. The molecule has 1 heterocycles. The number of hydrogen-bond acceptors (Lipinski definition) is 6. The number of anilines is 1. The van der Waals surface area contributed by atoms with E-state index in [1.165, 1.54) is 18.4 Å². The number of aromatic nitrogens is 1. The minimum atomic E-state index is -0.525. The second kappa shape index (κ2) is 9.36. The number of methoxy groups -OCH3 is 1. The number of esters is 1. The normalized spacial score (nSPS) is 11.1. The zero-order valence-corrected chi connectivity index (χ0v) is 18.9. The summed E-state index contributed by atoms with van der Waals surface area (Å²) >= 11 is 1.51. The van der Waals surface area contributed by atoms with Crippen molar-refractivity contribution in [2.75, 3.05) is 39.2 Å². The van der Waals surface area contributed by atoms with Crippen molar-refractivity contribution in [3.8, 4) is 0 Å². The van der Waals surface area contributed by atoms with Crippen molar-refractivity contribution in [3.63, 3.8) is 0 Å². The maximum absolute atomic E-state index is 13.6. The van der Waals surface area contributed by atoms with Gasteiger partial charge in [0.1, 0.15) is 0 Å². The molecule has 0 N–H and O–H groups in total. The monoisotopic (exact) mass is 425 g/mol. The Kier molecular flexibility index (Phi) is 6.84. The molecule has 30 heavy (non-hydrogen) atoms. The van der Waals surface area contributed by atoms with Crippen LogP contribution in [0.4, 0.5) is 5.13 Å². The standard InChI is InChI=1S/C23H27N3O3S/c1-15-13-16(2)20-19(14-15)24-23(30-20)26(12-8-11-25(3)4)21(27)17-9-6-7-10-18(17)22(28)29-5/h6-7,9-10,13-14H,8,11-12H2,1-5H3. The van der Waals surface area contributed by atoms with Crippen molar-refractivity contribution in [2.24, 2.45) is 0 Å². The highest BCUT2D eigenvalue weighted by molar-refractivity contribution is 7.22. The Labute approximate surface area is 181 Å². The largest absolute Gasteiger partial charge is 0.465 e. The van der Waals surface area contributed by atoms with E-state index in [9.17, 15) is 9.59 Å². The molecule has 3 rings (SSSR count). The molecule has 2 aromatic carbocycles. The topological polar surface area (TPSA) is 62.7 Å². The zero-order valence-electron chi connectivity index (χ0n) is 18.1. The molecule has 0 saturated carbocycles. The minimum absolute atomic E-state index is 0.247. The van der Waals surface area contributed by atoms with Crippen molar-refractivity contribution in [3.05, 3.63) is 58.7 Å². The molecule has 7 heteroatoms. The van der Waals surface area contributed by atoms with Gasteiger partial charge in [0, 0.05) is 6.54 Å². The molecule has 0 spiro atoms. The number of fused-ring (bicyclic) bond motifs is 1. The highest BCUT2D eigenvalue weighted by Crippen LogP contribution is 2.33. The number of carbonyl (C=O) groups is 2. The van der Waals surface area contributed by atoms with Gasteiger partial charge in [-0.3, -0.25) is 9.69 Å². The summed E-state index contributed by atoms with van der Waals surface area (Å²) in [6.07, 6.45) is 0.785. The van der Waals surface area contributed by atoms with Gasteiger partial charge in [0.25, 0.3) is 5.91 Å². The van der Waals surface area contributed by atoms with Crippen molar-refractivity contribution < 1.29 is 14.3 Å². The van der Waals surface area contributed by atoms with Gasteiger partial charge in [-0.25, -0.2) is 9.78 Å². The maximum Gasteiger partial charge on any atom is 0.338 e. The smallest absolute Gasteiger partial charge is 0.338 e. The number of ether oxygens (including phenoxy) is 1. The van der Waals surface area contributed by atoms with E-state index in [2.05, 4.69) is 17.9 Å². The number of benzene rings is 2. The third-order valence-corrected chi connectivity index (χ3v) is 6.06. The molecule has 1 amide bonds. The molecule has 0 radical (unpaired) electrons. The summed E-state index contributed by atoms with van der Waals surface area (Å²) in [4.78, 5) is 34.3. The SMILES string of the molecule is COC(=O)c1ccccc1C(=O)N(CCCN(C)C)c1nc2cc(C)cc(C)c2s1. The Hall–Kier alpha value is -2.77. The molecule has 0 aliphatic heterocycles. The molecule has 0 fully saturated rings. The van der Waals surface area contributed by atoms with E-state index in [0.717, 1.165) is 34.3 Å². The summed E-state index contributed by atoms with van der Waals surface area (Å²) in [6.45, 7) is 5.44. The number of hydrogen-bond donors (Lipinski definition) is 0. The molecule has 6 nitrogen and oxygen atoms in total. The van der Waals surface area contributed by atoms with Gasteiger partial charge in [-0.15, -0.1) is 0 Å². The average molecular weight is 426 g/mol. The lowest BCUT2D eigenvalue weighted by molar-refractivity contribution is 0.0597. The predicted molar refractivity (Wildman–Crippen MR) is 122 cm³/mol. The first kappa shape index (κ1) is 21.9. The Morgan fingerprint density at radius 1 is 1.07 bits per heavy atom. The van der Waals surface area contributed by atoms with E-state index in [1.807, 2.05) is 27.1 Å². The van der Waals surface area contributed by atoms with Crippen LogP contribution < -0.4 is 4.90 Å². The van der Waals surface area contributed by atoms with Gasteiger partial charge in [0.2, 0.25) is 0 Å². The molecule has 0 bridgehead atoms. The fourth-order valence-corrected chi connectivity index (χ4v) is 4.45. The Morgan fingerprint density at radius 3 is 2.43 bits per heavy atom. The number of nitrogens with zero attached hydrogens (tertiary/aromatic N) is 3. The first-order valence-corrected chi connectivity index (χ1v) is 10.6. The van der Waals surface area contributed by atoms with Crippen molar-refractivity contribution in [1.29, 1.82) is 0 Å². The molecule has 3 aromatic rings. The van der Waals surface area contributed by atoms with Gasteiger partial charge < -0.3 is 9.64 Å². The molecule has 0 aliphatic carbocycles. The second-order valence-electron chi connectivity index (χ2n) is 7.58. The van der Waals surface area contributed by atoms with Crippen LogP contribution in [0.3, 0.4) is 0 Å². The van der Waals surface area contributed by atoms with Crippen LogP contribution in [0.15, 0.2) is 36.4 Å². The van der Waals surface area contributed by atoms with E-state index in [1.54, 1.807) is 29.2 Å². The molecule has 0 unspecified atom stereocenters. The van der Waals surface area contributed by atoms with Gasteiger partial charge >= 0.3 is 5.97 Å². The fourth-order valence-electron chi connectivity index (χ4n) is 3.41. The number of aryl methyl sites for hydroxylation is 2. The average Bonchev–Trinajstić information content (AvgIpc) is 3.14. The second-order valence-corrected chi connectivity index (χ2v) is 8.55. The molecule has 0 aliphatic rings. The quantitative estimate of drug-likeness (QED) is 0.528. The lowest BCUT2D eigenvalue weighted by Crippen LogP contribution is -2.34. The first-order chi connectivity index (χ1) is 14.3. The molecule has 0 atom stereocenters. The summed E-state index contributed by atoms with van der Waals surface area (Å²) in [5, 5.41) is 0.641. The van der Waals surface area contributed by atoms with Crippen LogP contribution >= 0.6 is 11.3 Å². The van der Waals surface area contributed by atoms with Gasteiger partial charge in [-0.1, -0.05) is 29.5 Å². The van der Waals surface area contributed by atoms with Crippen LogP contribution in [0.25, 0.3) is 10.2 Å². The Morgan fingerprint density at radius 2 is 1.77 bits per heavy atom. The number of rotatable bonds is 7. The minimum Gasteiger partial charge on any atom is -0.465 e. The highest BCUT2D eigenvalue weighted by atomic mass is 32.1. The summed E-state index contributed by atoms with van der Waals surface area (Å²) in [5.41, 5.74) is 3.75. The third kappa shape index (κ3) is 4.68. The molecular formula is C23H27N3O3S. The molecular weight excluding hydrogens is 398 g/mol. The highest BCUT2D eigenvalue weighted by Gasteiger charge is 2.25.